The summed E-state index contributed by atoms with van der Waals surface area (Å²) in [4.78, 5) is 4.95. The Labute approximate surface area is 127 Å². The van der Waals surface area contributed by atoms with Crippen LogP contribution < -0.4 is 0 Å². The molecule has 1 unspecified atom stereocenters. The molecule has 1 aliphatic heterocycles. The van der Waals surface area contributed by atoms with Crippen LogP contribution in [0.3, 0.4) is 0 Å². The van der Waals surface area contributed by atoms with Crippen LogP contribution in [0.1, 0.15) is 31.9 Å². The molecule has 1 heterocycles. The first-order valence-electron chi connectivity index (χ1n) is 7.46. The van der Waals surface area contributed by atoms with Crippen molar-refractivity contribution in [3.8, 4) is 0 Å². The zero-order valence-corrected chi connectivity index (χ0v) is 13.2. The Morgan fingerprint density at radius 2 is 1.70 bits per heavy atom. The highest BCUT2D eigenvalue weighted by molar-refractivity contribution is 6.30. The molecule has 112 valence electrons. The molecule has 0 bridgehead atoms. The molecule has 1 aromatic rings. The topological polar surface area (TPSA) is 26.7 Å². The van der Waals surface area contributed by atoms with Gasteiger partial charge < -0.3 is 10.0 Å². The SMILES string of the molecule is CC(C)N1CCN(CCC(O)c2ccc(Cl)cc2)CC1. The van der Waals surface area contributed by atoms with E-state index >= 15 is 0 Å². The quantitative estimate of drug-likeness (QED) is 0.905. The van der Waals surface area contributed by atoms with Crippen LogP contribution in [0.15, 0.2) is 24.3 Å². The maximum Gasteiger partial charge on any atom is 0.0802 e. The summed E-state index contributed by atoms with van der Waals surface area (Å²) in [5.74, 6) is 0. The Hall–Kier alpha value is -0.610. The second kappa shape index (κ2) is 7.41. The van der Waals surface area contributed by atoms with Crippen molar-refractivity contribution in [1.82, 2.24) is 9.80 Å². The molecule has 0 spiro atoms. The van der Waals surface area contributed by atoms with E-state index in [-0.39, 0.29) is 0 Å². The van der Waals surface area contributed by atoms with E-state index in [2.05, 4.69) is 23.6 Å². The molecule has 4 heteroatoms. The van der Waals surface area contributed by atoms with Gasteiger partial charge in [-0.05, 0) is 38.0 Å². The zero-order chi connectivity index (χ0) is 14.5. The van der Waals surface area contributed by atoms with Gasteiger partial charge >= 0.3 is 0 Å². The monoisotopic (exact) mass is 296 g/mol. The van der Waals surface area contributed by atoms with Crippen LogP contribution in [0, 0.1) is 0 Å². The van der Waals surface area contributed by atoms with E-state index in [1.165, 1.54) is 0 Å². The molecular weight excluding hydrogens is 272 g/mol. The average molecular weight is 297 g/mol. The predicted octanol–water partition coefficient (Wildman–Crippen LogP) is 2.79. The van der Waals surface area contributed by atoms with Gasteiger partial charge in [-0.1, -0.05) is 23.7 Å². The van der Waals surface area contributed by atoms with Crippen molar-refractivity contribution >= 4 is 11.6 Å². The van der Waals surface area contributed by atoms with Gasteiger partial charge in [0, 0.05) is 43.8 Å². The van der Waals surface area contributed by atoms with Crippen LogP contribution in [0.2, 0.25) is 5.02 Å². The van der Waals surface area contributed by atoms with E-state index in [1.54, 1.807) is 0 Å². The molecule has 2 rings (SSSR count). The Morgan fingerprint density at radius 1 is 1.10 bits per heavy atom. The van der Waals surface area contributed by atoms with E-state index in [4.69, 9.17) is 11.6 Å². The standard InChI is InChI=1S/C16H25ClN2O/c1-13(2)19-11-9-18(10-12-19)8-7-16(20)14-3-5-15(17)6-4-14/h3-6,13,16,20H,7-12H2,1-2H3. The molecule has 0 saturated carbocycles. The third-order valence-corrected chi connectivity index (χ3v) is 4.36. The maximum atomic E-state index is 10.2. The van der Waals surface area contributed by atoms with Gasteiger partial charge in [-0.3, -0.25) is 4.90 Å². The van der Waals surface area contributed by atoms with Crippen LogP contribution in [0.5, 0.6) is 0 Å². The van der Waals surface area contributed by atoms with Crippen LogP contribution in [-0.2, 0) is 0 Å². The summed E-state index contributed by atoms with van der Waals surface area (Å²) >= 11 is 5.86. The summed E-state index contributed by atoms with van der Waals surface area (Å²) < 4.78 is 0. The van der Waals surface area contributed by atoms with E-state index < -0.39 is 6.10 Å². The number of piperazine rings is 1. The lowest BCUT2D eigenvalue weighted by molar-refractivity contribution is 0.0882. The van der Waals surface area contributed by atoms with Crippen molar-refractivity contribution in [2.45, 2.75) is 32.4 Å². The second-order valence-electron chi connectivity index (χ2n) is 5.83. The Morgan fingerprint density at radius 3 is 2.25 bits per heavy atom. The number of hydrogen-bond donors (Lipinski definition) is 1. The minimum absolute atomic E-state index is 0.393. The van der Waals surface area contributed by atoms with Crippen LogP contribution in [0.4, 0.5) is 0 Å². The highest BCUT2D eigenvalue weighted by Gasteiger charge is 2.19. The molecule has 1 aliphatic rings. The minimum atomic E-state index is -0.393. The predicted molar refractivity (Wildman–Crippen MR) is 84.2 cm³/mol. The summed E-state index contributed by atoms with van der Waals surface area (Å²) in [6, 6.07) is 8.12. The molecule has 1 fully saturated rings. The fourth-order valence-electron chi connectivity index (χ4n) is 2.66. The molecular formula is C16H25ClN2O. The molecule has 1 aromatic carbocycles. The Balaban J connectivity index is 1.74. The zero-order valence-electron chi connectivity index (χ0n) is 12.4. The van der Waals surface area contributed by atoms with Crippen molar-refractivity contribution in [3.63, 3.8) is 0 Å². The fourth-order valence-corrected chi connectivity index (χ4v) is 2.79. The van der Waals surface area contributed by atoms with Crippen molar-refractivity contribution < 1.29 is 5.11 Å². The van der Waals surface area contributed by atoms with E-state index in [0.29, 0.717) is 11.1 Å². The summed E-state index contributed by atoms with van der Waals surface area (Å²) in [6.45, 7) is 9.93. The largest absolute Gasteiger partial charge is 0.388 e. The van der Waals surface area contributed by atoms with Crippen LogP contribution in [0.25, 0.3) is 0 Å². The van der Waals surface area contributed by atoms with Gasteiger partial charge in [-0.15, -0.1) is 0 Å². The molecule has 1 N–H and O–H groups in total. The fraction of sp³-hybridized carbons (Fsp3) is 0.625. The van der Waals surface area contributed by atoms with Crippen molar-refractivity contribution in [2.75, 3.05) is 32.7 Å². The lowest BCUT2D eigenvalue weighted by Gasteiger charge is -2.37. The number of hydrogen-bond acceptors (Lipinski definition) is 3. The highest BCUT2D eigenvalue weighted by atomic mass is 35.5. The number of aliphatic hydroxyl groups excluding tert-OH is 1. The highest BCUT2D eigenvalue weighted by Crippen LogP contribution is 2.19. The molecule has 0 aliphatic carbocycles. The van der Waals surface area contributed by atoms with Crippen molar-refractivity contribution in [1.29, 1.82) is 0 Å². The van der Waals surface area contributed by atoms with Gasteiger partial charge in [0.2, 0.25) is 0 Å². The van der Waals surface area contributed by atoms with Gasteiger partial charge in [-0.2, -0.15) is 0 Å². The first-order valence-corrected chi connectivity index (χ1v) is 7.84. The second-order valence-corrected chi connectivity index (χ2v) is 6.26. The van der Waals surface area contributed by atoms with Crippen LogP contribution in [-0.4, -0.2) is 53.7 Å². The van der Waals surface area contributed by atoms with E-state index in [9.17, 15) is 5.11 Å². The third kappa shape index (κ3) is 4.45. The van der Waals surface area contributed by atoms with Crippen molar-refractivity contribution in [3.05, 3.63) is 34.9 Å². The number of halogens is 1. The maximum absolute atomic E-state index is 10.2. The molecule has 1 saturated heterocycles. The van der Waals surface area contributed by atoms with E-state index in [1.807, 2.05) is 24.3 Å². The first kappa shape index (κ1) is 15.8. The number of nitrogens with zero attached hydrogens (tertiary/aromatic N) is 2. The van der Waals surface area contributed by atoms with Gasteiger partial charge in [0.25, 0.3) is 0 Å². The molecule has 0 aromatic heterocycles. The summed E-state index contributed by atoms with van der Waals surface area (Å²) in [5.41, 5.74) is 0.954. The van der Waals surface area contributed by atoms with Gasteiger partial charge in [-0.25, -0.2) is 0 Å². The molecule has 3 nitrogen and oxygen atoms in total. The number of aliphatic hydroxyl groups is 1. The third-order valence-electron chi connectivity index (χ3n) is 4.11. The molecule has 20 heavy (non-hydrogen) atoms. The smallest absolute Gasteiger partial charge is 0.0802 e. The van der Waals surface area contributed by atoms with Gasteiger partial charge in [0.1, 0.15) is 0 Å². The van der Waals surface area contributed by atoms with Gasteiger partial charge in [0.15, 0.2) is 0 Å². The number of benzene rings is 1. The molecule has 1 atom stereocenters. The van der Waals surface area contributed by atoms with Gasteiger partial charge in [0.05, 0.1) is 6.10 Å². The normalized spacial score (nSPS) is 19.4. The minimum Gasteiger partial charge on any atom is -0.388 e. The summed E-state index contributed by atoms with van der Waals surface area (Å²) in [5, 5.41) is 10.9. The average Bonchev–Trinajstić information content (AvgIpc) is 2.46. The van der Waals surface area contributed by atoms with Crippen LogP contribution >= 0.6 is 11.6 Å². The summed E-state index contributed by atoms with van der Waals surface area (Å²) in [7, 11) is 0. The number of rotatable bonds is 5. The van der Waals surface area contributed by atoms with E-state index in [0.717, 1.165) is 44.7 Å². The Kier molecular flexibility index (Phi) is 5.85. The Bertz CT molecular complexity index is 399. The first-order chi connectivity index (χ1) is 9.56. The summed E-state index contributed by atoms with van der Waals surface area (Å²) in [6.07, 6.45) is 0.388. The lowest BCUT2D eigenvalue weighted by atomic mass is 10.1. The lowest BCUT2D eigenvalue weighted by Crippen LogP contribution is -2.49. The molecule has 0 radical (unpaired) electrons. The molecule has 0 amide bonds. The van der Waals surface area contributed by atoms with Crippen molar-refractivity contribution in [2.24, 2.45) is 0 Å².